The molecule has 0 radical (unpaired) electrons. The predicted octanol–water partition coefficient (Wildman–Crippen LogP) is 2.18. The molecule has 0 spiro atoms. The summed E-state index contributed by atoms with van der Waals surface area (Å²) in [4.78, 5) is 8.77. The van der Waals surface area contributed by atoms with Crippen molar-refractivity contribution in [1.29, 1.82) is 0 Å². The third-order valence-corrected chi connectivity index (χ3v) is 4.48. The van der Waals surface area contributed by atoms with Crippen molar-refractivity contribution in [2.24, 2.45) is 10.7 Å². The normalized spacial score (nSPS) is 16.0. The van der Waals surface area contributed by atoms with E-state index in [0.717, 1.165) is 49.9 Å². The van der Waals surface area contributed by atoms with Crippen LogP contribution in [-0.2, 0) is 0 Å². The predicted molar refractivity (Wildman–Crippen MR) is 94.2 cm³/mol. The summed E-state index contributed by atoms with van der Waals surface area (Å²) in [6, 6.07) is 6.63. The van der Waals surface area contributed by atoms with Gasteiger partial charge in [-0.3, -0.25) is 4.99 Å². The van der Waals surface area contributed by atoms with Gasteiger partial charge < -0.3 is 15.5 Å². The molecule has 0 amide bonds. The highest BCUT2D eigenvalue weighted by Crippen LogP contribution is 2.16. The molecule has 6 heteroatoms. The van der Waals surface area contributed by atoms with Crippen LogP contribution in [0.5, 0.6) is 0 Å². The van der Waals surface area contributed by atoms with Gasteiger partial charge in [0, 0.05) is 43.4 Å². The largest absolute Gasteiger partial charge is 0.370 e. The van der Waals surface area contributed by atoms with E-state index in [1.165, 1.54) is 12.1 Å². The number of thioether (sulfide) groups is 1. The molecule has 1 saturated heterocycles. The number of halogens is 1. The van der Waals surface area contributed by atoms with Crippen molar-refractivity contribution < 1.29 is 4.39 Å². The summed E-state index contributed by atoms with van der Waals surface area (Å²) in [5.74, 6) is 2.33. The first kappa shape index (κ1) is 16.7. The quantitative estimate of drug-likeness (QED) is 0.377. The lowest BCUT2D eigenvalue weighted by molar-refractivity contribution is 0.381. The highest BCUT2D eigenvalue weighted by molar-refractivity contribution is 7.99. The molecule has 1 aliphatic heterocycles. The molecule has 0 aliphatic carbocycles. The van der Waals surface area contributed by atoms with Gasteiger partial charge in [0.1, 0.15) is 5.82 Å². The van der Waals surface area contributed by atoms with Gasteiger partial charge in [0.2, 0.25) is 0 Å². The molecule has 4 nitrogen and oxygen atoms in total. The first-order valence-corrected chi connectivity index (χ1v) is 8.60. The summed E-state index contributed by atoms with van der Waals surface area (Å²) in [5.41, 5.74) is 7.10. The second-order valence-corrected chi connectivity index (χ2v) is 6.20. The average molecular weight is 322 g/mol. The Kier molecular flexibility index (Phi) is 6.58. The molecule has 0 aromatic heterocycles. The summed E-state index contributed by atoms with van der Waals surface area (Å²) in [7, 11) is 0. The SMILES string of the molecule is C=CCSCCN=C(N)N1CCN(c2ccc(F)cc2)CC1. The fourth-order valence-electron chi connectivity index (χ4n) is 2.34. The Hall–Kier alpha value is -1.69. The molecule has 0 saturated carbocycles. The highest BCUT2D eigenvalue weighted by Gasteiger charge is 2.18. The number of piperazine rings is 1. The number of rotatable bonds is 6. The lowest BCUT2D eigenvalue weighted by Gasteiger charge is -2.36. The molecule has 2 N–H and O–H groups in total. The molecule has 2 rings (SSSR count). The van der Waals surface area contributed by atoms with Crippen LogP contribution < -0.4 is 10.6 Å². The number of hydrogen-bond donors (Lipinski definition) is 1. The second-order valence-electron chi connectivity index (χ2n) is 5.05. The van der Waals surface area contributed by atoms with E-state index in [4.69, 9.17) is 5.73 Å². The van der Waals surface area contributed by atoms with Gasteiger partial charge in [-0.1, -0.05) is 6.08 Å². The van der Waals surface area contributed by atoms with Crippen LogP contribution in [0.3, 0.4) is 0 Å². The van der Waals surface area contributed by atoms with E-state index in [0.29, 0.717) is 5.96 Å². The summed E-state index contributed by atoms with van der Waals surface area (Å²) in [5, 5.41) is 0. The minimum Gasteiger partial charge on any atom is -0.370 e. The van der Waals surface area contributed by atoms with Gasteiger partial charge in [0.15, 0.2) is 5.96 Å². The number of aliphatic imine (C=N–C) groups is 1. The van der Waals surface area contributed by atoms with Crippen LogP contribution in [-0.4, -0.2) is 55.1 Å². The fourth-order valence-corrected chi connectivity index (χ4v) is 2.89. The van der Waals surface area contributed by atoms with E-state index in [1.54, 1.807) is 11.8 Å². The van der Waals surface area contributed by atoms with Gasteiger partial charge in [-0.05, 0) is 24.3 Å². The molecule has 0 unspecified atom stereocenters. The molecule has 1 heterocycles. The van der Waals surface area contributed by atoms with E-state index in [-0.39, 0.29) is 5.82 Å². The first-order valence-electron chi connectivity index (χ1n) is 7.44. The van der Waals surface area contributed by atoms with Crippen LogP contribution in [0, 0.1) is 5.82 Å². The number of benzene rings is 1. The Bertz CT molecular complexity index is 495. The van der Waals surface area contributed by atoms with E-state index < -0.39 is 0 Å². The van der Waals surface area contributed by atoms with Gasteiger partial charge in [-0.25, -0.2) is 4.39 Å². The smallest absolute Gasteiger partial charge is 0.191 e. The van der Waals surface area contributed by atoms with E-state index in [1.807, 2.05) is 18.2 Å². The number of anilines is 1. The maximum absolute atomic E-state index is 13.0. The fraction of sp³-hybridized carbons (Fsp3) is 0.438. The van der Waals surface area contributed by atoms with Crippen molar-refractivity contribution >= 4 is 23.4 Å². The number of hydrogen-bond acceptors (Lipinski definition) is 3. The molecule has 1 fully saturated rings. The summed E-state index contributed by atoms with van der Waals surface area (Å²) in [6.07, 6.45) is 1.90. The minimum absolute atomic E-state index is 0.201. The van der Waals surface area contributed by atoms with Gasteiger partial charge in [-0.15, -0.1) is 6.58 Å². The molecule has 1 aromatic rings. The van der Waals surface area contributed by atoms with Crippen LogP contribution in [0.25, 0.3) is 0 Å². The van der Waals surface area contributed by atoms with E-state index >= 15 is 0 Å². The van der Waals surface area contributed by atoms with Crippen LogP contribution >= 0.6 is 11.8 Å². The lowest BCUT2D eigenvalue weighted by Crippen LogP contribution is -2.51. The monoisotopic (exact) mass is 322 g/mol. The van der Waals surface area contributed by atoms with Gasteiger partial charge in [0.25, 0.3) is 0 Å². The van der Waals surface area contributed by atoms with E-state index in [9.17, 15) is 4.39 Å². The third kappa shape index (κ3) is 4.94. The molecule has 120 valence electrons. The zero-order valence-electron chi connectivity index (χ0n) is 12.7. The Morgan fingerprint density at radius 1 is 1.27 bits per heavy atom. The van der Waals surface area contributed by atoms with Gasteiger partial charge in [0.05, 0.1) is 6.54 Å². The Labute approximate surface area is 135 Å². The van der Waals surface area contributed by atoms with Gasteiger partial charge in [-0.2, -0.15) is 11.8 Å². The molecule has 0 atom stereocenters. The molecular weight excluding hydrogens is 299 g/mol. The average Bonchev–Trinajstić information content (AvgIpc) is 2.55. The summed E-state index contributed by atoms with van der Waals surface area (Å²) in [6.45, 7) is 7.84. The Balaban J connectivity index is 1.77. The van der Waals surface area contributed by atoms with Gasteiger partial charge >= 0.3 is 0 Å². The van der Waals surface area contributed by atoms with Crippen LogP contribution in [0.1, 0.15) is 0 Å². The molecule has 1 aliphatic rings. The second kappa shape index (κ2) is 8.68. The lowest BCUT2D eigenvalue weighted by atomic mass is 10.2. The van der Waals surface area contributed by atoms with Crippen molar-refractivity contribution in [3.8, 4) is 0 Å². The zero-order chi connectivity index (χ0) is 15.8. The van der Waals surface area contributed by atoms with Crippen LogP contribution in [0.2, 0.25) is 0 Å². The van der Waals surface area contributed by atoms with Crippen molar-refractivity contribution in [3.05, 3.63) is 42.7 Å². The summed E-state index contributed by atoms with van der Waals surface area (Å²) >= 11 is 1.80. The minimum atomic E-state index is -0.201. The Morgan fingerprint density at radius 3 is 2.59 bits per heavy atom. The van der Waals surface area contributed by atoms with Crippen molar-refractivity contribution in [2.45, 2.75) is 0 Å². The topological polar surface area (TPSA) is 44.9 Å². The maximum atomic E-state index is 13.0. The van der Waals surface area contributed by atoms with E-state index in [2.05, 4.69) is 21.4 Å². The summed E-state index contributed by atoms with van der Waals surface area (Å²) < 4.78 is 13.0. The molecular formula is C16H23FN4S. The molecule has 0 bridgehead atoms. The standard InChI is InChI=1S/C16H23FN4S/c1-2-12-22-13-7-19-16(18)21-10-8-20(9-11-21)15-5-3-14(17)4-6-15/h2-6H,1,7-13H2,(H2,18,19). The van der Waals surface area contributed by atoms with Crippen LogP contribution in [0.15, 0.2) is 41.9 Å². The molecule has 1 aromatic carbocycles. The number of nitrogens with zero attached hydrogens (tertiary/aromatic N) is 3. The molecule has 22 heavy (non-hydrogen) atoms. The van der Waals surface area contributed by atoms with Crippen molar-refractivity contribution in [2.75, 3.05) is 49.1 Å². The first-order chi connectivity index (χ1) is 10.7. The maximum Gasteiger partial charge on any atom is 0.191 e. The number of guanidine groups is 1. The van der Waals surface area contributed by atoms with Crippen LogP contribution in [0.4, 0.5) is 10.1 Å². The number of nitrogens with two attached hydrogens (primary N) is 1. The zero-order valence-corrected chi connectivity index (χ0v) is 13.6. The Morgan fingerprint density at radius 2 is 1.95 bits per heavy atom. The van der Waals surface area contributed by atoms with Crippen molar-refractivity contribution in [3.63, 3.8) is 0 Å². The highest BCUT2D eigenvalue weighted by atomic mass is 32.2. The van der Waals surface area contributed by atoms with Crippen molar-refractivity contribution in [1.82, 2.24) is 4.90 Å². The third-order valence-electron chi connectivity index (χ3n) is 3.54.